The molecular weight excluding hydrogens is 288 g/mol. The van der Waals surface area contributed by atoms with Crippen molar-refractivity contribution in [2.75, 3.05) is 13.6 Å². The molecule has 0 saturated carbocycles. The summed E-state index contributed by atoms with van der Waals surface area (Å²) < 4.78 is 0. The summed E-state index contributed by atoms with van der Waals surface area (Å²) in [7, 11) is 1.74. The molecule has 0 fully saturated rings. The fourth-order valence-electron chi connectivity index (χ4n) is 2.32. The van der Waals surface area contributed by atoms with Crippen molar-refractivity contribution in [2.45, 2.75) is 19.9 Å². The van der Waals surface area contributed by atoms with Gasteiger partial charge in [0.05, 0.1) is 13.0 Å². The zero-order valence-corrected chi connectivity index (χ0v) is 13.6. The van der Waals surface area contributed by atoms with Gasteiger partial charge in [0.2, 0.25) is 11.8 Å². The summed E-state index contributed by atoms with van der Waals surface area (Å²) in [5.74, 6) is -0.247. The van der Waals surface area contributed by atoms with Crippen LogP contribution in [0.4, 0.5) is 0 Å². The van der Waals surface area contributed by atoms with Crippen molar-refractivity contribution in [1.82, 2.24) is 10.2 Å². The van der Waals surface area contributed by atoms with Crippen molar-refractivity contribution in [3.05, 3.63) is 71.3 Å². The van der Waals surface area contributed by atoms with Crippen LogP contribution in [0.3, 0.4) is 0 Å². The summed E-state index contributed by atoms with van der Waals surface area (Å²) in [5.41, 5.74) is 3.14. The molecule has 2 rings (SSSR count). The molecule has 0 bridgehead atoms. The molecule has 0 radical (unpaired) electrons. The number of nitrogens with one attached hydrogen (secondary N) is 1. The number of rotatable bonds is 6. The zero-order chi connectivity index (χ0) is 16.7. The second kappa shape index (κ2) is 8.13. The Kier molecular flexibility index (Phi) is 5.92. The Hall–Kier alpha value is -2.62. The number of hydrogen-bond donors (Lipinski definition) is 1. The van der Waals surface area contributed by atoms with E-state index in [0.29, 0.717) is 6.54 Å². The molecule has 2 amide bonds. The van der Waals surface area contributed by atoms with E-state index in [2.05, 4.69) is 5.32 Å². The average molecular weight is 310 g/mol. The highest BCUT2D eigenvalue weighted by molar-refractivity contribution is 5.85. The van der Waals surface area contributed by atoms with Gasteiger partial charge >= 0.3 is 0 Å². The number of aryl methyl sites for hydroxylation is 1. The van der Waals surface area contributed by atoms with Gasteiger partial charge in [0, 0.05) is 13.6 Å². The van der Waals surface area contributed by atoms with Crippen LogP contribution in [-0.4, -0.2) is 30.3 Å². The molecule has 0 spiro atoms. The smallest absolute Gasteiger partial charge is 0.242 e. The maximum Gasteiger partial charge on any atom is 0.242 e. The summed E-state index contributed by atoms with van der Waals surface area (Å²) >= 11 is 0. The minimum absolute atomic E-state index is 0.0218. The van der Waals surface area contributed by atoms with Crippen LogP contribution in [-0.2, 0) is 22.6 Å². The van der Waals surface area contributed by atoms with Gasteiger partial charge in [-0.05, 0) is 18.1 Å². The Morgan fingerprint density at radius 3 is 2.39 bits per heavy atom. The molecule has 1 N–H and O–H groups in total. The molecular formula is C19H22N2O2. The van der Waals surface area contributed by atoms with Crippen LogP contribution in [0.5, 0.6) is 0 Å². The van der Waals surface area contributed by atoms with E-state index in [1.54, 1.807) is 11.9 Å². The lowest BCUT2D eigenvalue weighted by Crippen LogP contribution is -2.38. The number of amides is 2. The highest BCUT2D eigenvalue weighted by atomic mass is 16.2. The monoisotopic (exact) mass is 310 g/mol. The summed E-state index contributed by atoms with van der Waals surface area (Å²) in [6.07, 6.45) is 0.289. The number of nitrogens with zero attached hydrogens (tertiary/aromatic N) is 1. The fourth-order valence-corrected chi connectivity index (χ4v) is 2.32. The molecule has 0 aromatic heterocycles. The molecule has 2 aromatic rings. The van der Waals surface area contributed by atoms with Gasteiger partial charge < -0.3 is 10.2 Å². The number of benzene rings is 2. The number of carbonyl (C=O) groups is 2. The molecule has 0 aliphatic carbocycles. The molecule has 4 nitrogen and oxygen atoms in total. The minimum Gasteiger partial charge on any atom is -0.347 e. The quantitative estimate of drug-likeness (QED) is 0.890. The van der Waals surface area contributed by atoms with Gasteiger partial charge in [-0.2, -0.15) is 0 Å². The Labute approximate surface area is 137 Å². The lowest BCUT2D eigenvalue weighted by Gasteiger charge is -2.17. The van der Waals surface area contributed by atoms with Crippen LogP contribution in [0.25, 0.3) is 0 Å². The SMILES string of the molecule is Cc1cccc(CC(=O)NCC(=O)N(C)Cc2ccccc2)c1. The van der Waals surface area contributed by atoms with Crippen LogP contribution >= 0.6 is 0 Å². The second-order valence-corrected chi connectivity index (χ2v) is 5.68. The molecule has 0 aliphatic heterocycles. The van der Waals surface area contributed by atoms with Gasteiger partial charge in [-0.15, -0.1) is 0 Å². The van der Waals surface area contributed by atoms with E-state index < -0.39 is 0 Å². The lowest BCUT2D eigenvalue weighted by atomic mass is 10.1. The molecule has 0 atom stereocenters. The van der Waals surface area contributed by atoms with E-state index in [-0.39, 0.29) is 24.8 Å². The van der Waals surface area contributed by atoms with E-state index >= 15 is 0 Å². The zero-order valence-electron chi connectivity index (χ0n) is 13.6. The second-order valence-electron chi connectivity index (χ2n) is 5.68. The van der Waals surface area contributed by atoms with Crippen molar-refractivity contribution >= 4 is 11.8 Å². The van der Waals surface area contributed by atoms with Gasteiger partial charge in [0.1, 0.15) is 0 Å². The van der Waals surface area contributed by atoms with Gasteiger partial charge in [0.15, 0.2) is 0 Å². The molecule has 0 saturated heterocycles. The van der Waals surface area contributed by atoms with Crippen molar-refractivity contribution in [2.24, 2.45) is 0 Å². The molecule has 23 heavy (non-hydrogen) atoms. The van der Waals surface area contributed by atoms with E-state index in [9.17, 15) is 9.59 Å². The molecule has 120 valence electrons. The number of hydrogen-bond acceptors (Lipinski definition) is 2. The summed E-state index contributed by atoms with van der Waals surface area (Å²) in [6, 6.07) is 17.6. The van der Waals surface area contributed by atoms with Crippen LogP contribution < -0.4 is 5.32 Å². The lowest BCUT2D eigenvalue weighted by molar-refractivity contribution is -0.132. The van der Waals surface area contributed by atoms with Crippen molar-refractivity contribution in [1.29, 1.82) is 0 Å². The van der Waals surface area contributed by atoms with Crippen LogP contribution in [0.15, 0.2) is 54.6 Å². The maximum absolute atomic E-state index is 12.1. The van der Waals surface area contributed by atoms with E-state index in [1.807, 2.05) is 61.5 Å². The third kappa shape index (κ3) is 5.58. The van der Waals surface area contributed by atoms with Gasteiger partial charge in [-0.25, -0.2) is 0 Å². The Morgan fingerprint density at radius 1 is 1.00 bits per heavy atom. The average Bonchev–Trinajstić information content (AvgIpc) is 2.53. The first kappa shape index (κ1) is 16.7. The normalized spacial score (nSPS) is 10.2. The topological polar surface area (TPSA) is 49.4 Å². The molecule has 4 heteroatoms. The summed E-state index contributed by atoms with van der Waals surface area (Å²) in [4.78, 5) is 25.6. The van der Waals surface area contributed by atoms with Gasteiger partial charge in [-0.3, -0.25) is 9.59 Å². The van der Waals surface area contributed by atoms with E-state index in [1.165, 1.54) is 0 Å². The summed E-state index contributed by atoms with van der Waals surface area (Å²) in [5, 5.41) is 2.69. The largest absolute Gasteiger partial charge is 0.347 e. The Morgan fingerprint density at radius 2 is 1.70 bits per heavy atom. The first-order valence-corrected chi connectivity index (χ1v) is 7.65. The van der Waals surface area contributed by atoms with Crippen LogP contribution in [0.1, 0.15) is 16.7 Å². The predicted octanol–water partition coefficient (Wildman–Crippen LogP) is 2.31. The van der Waals surface area contributed by atoms with E-state index in [4.69, 9.17) is 0 Å². The van der Waals surface area contributed by atoms with Crippen LogP contribution in [0.2, 0.25) is 0 Å². The maximum atomic E-state index is 12.1. The number of carbonyl (C=O) groups excluding carboxylic acids is 2. The Bertz CT molecular complexity index is 668. The minimum atomic E-state index is -0.142. The predicted molar refractivity (Wildman–Crippen MR) is 90.8 cm³/mol. The van der Waals surface area contributed by atoms with Crippen molar-refractivity contribution in [3.8, 4) is 0 Å². The fraction of sp³-hybridized carbons (Fsp3) is 0.263. The highest BCUT2D eigenvalue weighted by Gasteiger charge is 2.11. The molecule has 2 aromatic carbocycles. The Balaban J connectivity index is 1.78. The molecule has 0 unspecified atom stereocenters. The third-order valence-electron chi connectivity index (χ3n) is 3.57. The first-order chi connectivity index (χ1) is 11.0. The van der Waals surface area contributed by atoms with Gasteiger partial charge in [0.25, 0.3) is 0 Å². The first-order valence-electron chi connectivity index (χ1n) is 7.65. The number of likely N-dealkylation sites (N-methyl/N-ethyl adjacent to an activating group) is 1. The van der Waals surface area contributed by atoms with Crippen molar-refractivity contribution < 1.29 is 9.59 Å². The molecule has 0 heterocycles. The van der Waals surface area contributed by atoms with E-state index in [0.717, 1.165) is 16.7 Å². The van der Waals surface area contributed by atoms with Gasteiger partial charge in [-0.1, -0.05) is 60.2 Å². The van der Waals surface area contributed by atoms with Crippen LogP contribution in [0, 0.1) is 6.92 Å². The standard InChI is InChI=1S/C19H22N2O2/c1-15-7-6-10-17(11-15)12-18(22)20-13-19(23)21(2)14-16-8-4-3-5-9-16/h3-11H,12-14H2,1-2H3,(H,20,22). The molecule has 0 aliphatic rings. The third-order valence-corrected chi connectivity index (χ3v) is 3.57. The highest BCUT2D eigenvalue weighted by Crippen LogP contribution is 2.05. The van der Waals surface area contributed by atoms with Crippen molar-refractivity contribution in [3.63, 3.8) is 0 Å². The summed E-state index contributed by atoms with van der Waals surface area (Å²) in [6.45, 7) is 2.55.